The van der Waals surface area contributed by atoms with Gasteiger partial charge in [0.1, 0.15) is 28.5 Å². The fourth-order valence-corrected chi connectivity index (χ4v) is 3.36. The molecule has 0 radical (unpaired) electrons. The number of ether oxygens (including phenoxy) is 2. The predicted octanol–water partition coefficient (Wildman–Crippen LogP) is 4.74. The number of methoxy groups -OCH3 is 1. The van der Waals surface area contributed by atoms with Crippen molar-refractivity contribution in [2.24, 2.45) is 10.7 Å². The van der Waals surface area contributed by atoms with E-state index in [9.17, 15) is 4.79 Å². The maximum absolute atomic E-state index is 12.8. The number of nitrogens with one attached hydrogen (secondary N) is 1. The van der Waals surface area contributed by atoms with Crippen LogP contribution >= 0.6 is 11.6 Å². The van der Waals surface area contributed by atoms with Crippen molar-refractivity contribution >= 4 is 23.5 Å². The maximum atomic E-state index is 12.8. The smallest absolute Gasteiger partial charge is 0.286 e. The number of nitrogens with two attached hydrogens (primary N) is 1. The molecule has 3 aromatic rings. The first-order valence-electron chi connectivity index (χ1n) is 10.6. The summed E-state index contributed by atoms with van der Waals surface area (Å²) in [6.07, 6.45) is 2.00. The van der Waals surface area contributed by atoms with Gasteiger partial charge in [0, 0.05) is 17.1 Å². The van der Waals surface area contributed by atoms with Crippen molar-refractivity contribution in [3.8, 4) is 22.8 Å². The Morgan fingerprint density at radius 2 is 1.97 bits per heavy atom. The number of carbonyl (C=O) groups is 1. The van der Waals surface area contributed by atoms with Crippen LogP contribution in [0.3, 0.4) is 0 Å². The third kappa shape index (κ3) is 6.49. The second-order valence-corrected chi connectivity index (χ2v) is 7.78. The number of aryl methyl sites for hydroxylation is 1. The van der Waals surface area contributed by atoms with Crippen LogP contribution in [0.2, 0.25) is 5.02 Å². The molecule has 0 aliphatic rings. The van der Waals surface area contributed by atoms with E-state index >= 15 is 0 Å². The van der Waals surface area contributed by atoms with Crippen molar-refractivity contribution in [3.05, 3.63) is 64.4 Å². The minimum atomic E-state index is -0.556. The Kier molecular flexibility index (Phi) is 8.32. The van der Waals surface area contributed by atoms with Gasteiger partial charge in [-0.25, -0.2) is 0 Å². The first kappa shape index (κ1) is 24.1. The Hall–Kier alpha value is -3.52. The average Bonchev–Trinajstić information content (AvgIpc) is 3.19. The van der Waals surface area contributed by atoms with Crippen LogP contribution in [0.1, 0.15) is 41.4 Å². The van der Waals surface area contributed by atoms with E-state index in [4.69, 9.17) is 31.3 Å². The molecule has 0 saturated heterocycles. The molecule has 0 bridgehead atoms. The number of nitrogens with zero attached hydrogens (tertiary/aromatic N) is 2. The quantitative estimate of drug-likeness (QED) is 0.264. The number of aromatic nitrogens is 1. The van der Waals surface area contributed by atoms with Crippen molar-refractivity contribution in [2.75, 3.05) is 13.7 Å². The number of carbonyl (C=O) groups excluding carboxylic acids is 1. The third-order valence-corrected chi connectivity index (χ3v) is 5.05. The molecule has 0 atom stereocenters. The molecule has 0 saturated carbocycles. The van der Waals surface area contributed by atoms with Crippen molar-refractivity contribution < 1.29 is 18.8 Å². The lowest BCUT2D eigenvalue weighted by atomic mass is 10.1. The number of aliphatic imine (C=N–C) groups is 1. The van der Waals surface area contributed by atoms with Gasteiger partial charge in [0.25, 0.3) is 5.91 Å². The Balaban J connectivity index is 1.71. The van der Waals surface area contributed by atoms with Gasteiger partial charge >= 0.3 is 0 Å². The molecule has 174 valence electrons. The van der Waals surface area contributed by atoms with E-state index in [2.05, 4.69) is 22.4 Å². The van der Waals surface area contributed by atoms with Crippen LogP contribution in [-0.4, -0.2) is 30.7 Å². The van der Waals surface area contributed by atoms with Crippen LogP contribution < -0.4 is 20.5 Å². The zero-order valence-corrected chi connectivity index (χ0v) is 19.6. The highest BCUT2D eigenvalue weighted by atomic mass is 35.5. The minimum Gasteiger partial charge on any atom is -0.497 e. The first-order valence-corrected chi connectivity index (χ1v) is 10.9. The summed E-state index contributed by atoms with van der Waals surface area (Å²) < 4.78 is 16.1. The molecule has 33 heavy (non-hydrogen) atoms. The van der Waals surface area contributed by atoms with E-state index in [1.165, 1.54) is 0 Å². The molecule has 2 aromatic carbocycles. The molecular weight excluding hydrogens is 444 g/mol. The summed E-state index contributed by atoms with van der Waals surface area (Å²) in [5.41, 5.74) is 8.15. The van der Waals surface area contributed by atoms with E-state index in [-0.39, 0.29) is 11.5 Å². The number of benzene rings is 2. The van der Waals surface area contributed by atoms with Gasteiger partial charge in [0.15, 0.2) is 5.96 Å². The van der Waals surface area contributed by atoms with Crippen molar-refractivity contribution in [1.29, 1.82) is 0 Å². The Morgan fingerprint density at radius 1 is 1.21 bits per heavy atom. The van der Waals surface area contributed by atoms with Crippen molar-refractivity contribution in [3.63, 3.8) is 0 Å². The fourth-order valence-electron chi connectivity index (χ4n) is 3.11. The predicted molar refractivity (Wildman–Crippen MR) is 128 cm³/mol. The van der Waals surface area contributed by atoms with Crippen LogP contribution in [0, 0.1) is 6.92 Å². The number of hydrogen-bond donors (Lipinski definition) is 2. The summed E-state index contributed by atoms with van der Waals surface area (Å²) in [6.45, 7) is 4.69. The molecular formula is C24H27ClN4O4. The minimum absolute atomic E-state index is 0.0327. The lowest BCUT2D eigenvalue weighted by Crippen LogP contribution is -2.32. The van der Waals surface area contributed by atoms with Gasteiger partial charge in [0.2, 0.25) is 0 Å². The molecule has 0 aliphatic heterocycles. The van der Waals surface area contributed by atoms with Crippen LogP contribution in [0.25, 0.3) is 11.3 Å². The molecule has 3 rings (SSSR count). The standard InChI is InChI=1S/C24H27ClN4O4/c1-4-5-10-32-20-12-16(11-18(25)13-20)14-27-24(26)28-23(30)21-15(2)33-29-22(21)17-6-8-19(31-3)9-7-17/h6-9,11-13H,4-5,10,14H2,1-3H3,(H3,26,27,28,30). The van der Waals surface area contributed by atoms with Crippen molar-refractivity contribution in [2.45, 2.75) is 33.2 Å². The summed E-state index contributed by atoms with van der Waals surface area (Å²) in [5.74, 6) is 1.14. The van der Waals surface area contributed by atoms with Gasteiger partial charge in [-0.1, -0.05) is 30.1 Å². The number of hydrogen-bond acceptors (Lipinski definition) is 5. The van der Waals surface area contributed by atoms with Gasteiger partial charge in [-0.2, -0.15) is 4.99 Å². The highest BCUT2D eigenvalue weighted by molar-refractivity contribution is 6.30. The summed E-state index contributed by atoms with van der Waals surface area (Å²) in [6, 6.07) is 12.6. The SMILES string of the molecule is CCCCOc1cc(Cl)cc(CN/C(N)=N\C(=O)c2c(-c3ccc(OC)cc3)noc2C)c1. The van der Waals surface area contributed by atoms with Gasteiger partial charge in [-0.3, -0.25) is 4.79 Å². The zero-order valence-electron chi connectivity index (χ0n) is 18.9. The van der Waals surface area contributed by atoms with Crippen molar-refractivity contribution in [1.82, 2.24) is 10.5 Å². The highest BCUT2D eigenvalue weighted by Gasteiger charge is 2.21. The lowest BCUT2D eigenvalue weighted by molar-refractivity contribution is 0.100. The monoisotopic (exact) mass is 470 g/mol. The van der Waals surface area contributed by atoms with E-state index < -0.39 is 5.91 Å². The second kappa shape index (κ2) is 11.4. The summed E-state index contributed by atoms with van der Waals surface area (Å²) >= 11 is 6.19. The van der Waals surface area contributed by atoms with Crippen LogP contribution in [0.15, 0.2) is 52.0 Å². The van der Waals surface area contributed by atoms with E-state index in [1.54, 1.807) is 50.4 Å². The Bertz CT molecular complexity index is 1130. The molecule has 1 amide bonds. The number of unbranched alkanes of at least 4 members (excludes halogenated alkanes) is 1. The number of amides is 1. The van der Waals surface area contributed by atoms with E-state index in [0.29, 0.717) is 46.7 Å². The Labute approximate surface area is 197 Å². The highest BCUT2D eigenvalue weighted by Crippen LogP contribution is 2.27. The fraction of sp³-hybridized carbons (Fsp3) is 0.292. The second-order valence-electron chi connectivity index (χ2n) is 7.34. The maximum Gasteiger partial charge on any atom is 0.286 e. The molecule has 1 heterocycles. The molecule has 0 aliphatic carbocycles. The first-order chi connectivity index (χ1) is 15.9. The lowest BCUT2D eigenvalue weighted by Gasteiger charge is -2.10. The molecule has 3 N–H and O–H groups in total. The molecule has 0 unspecified atom stereocenters. The normalized spacial score (nSPS) is 11.3. The number of guanidine groups is 1. The zero-order chi connectivity index (χ0) is 23.8. The van der Waals surface area contributed by atoms with E-state index in [1.807, 2.05) is 6.07 Å². The van der Waals surface area contributed by atoms with Gasteiger partial charge in [0.05, 0.1) is 13.7 Å². The molecule has 1 aromatic heterocycles. The Morgan fingerprint density at radius 3 is 2.67 bits per heavy atom. The van der Waals surface area contributed by atoms with Gasteiger partial charge in [-0.05, 0) is 61.4 Å². The summed E-state index contributed by atoms with van der Waals surface area (Å²) in [4.78, 5) is 16.8. The molecule has 0 spiro atoms. The third-order valence-electron chi connectivity index (χ3n) is 4.83. The number of halogens is 1. The van der Waals surface area contributed by atoms with Gasteiger partial charge < -0.3 is 25.0 Å². The average molecular weight is 471 g/mol. The molecule has 8 nitrogen and oxygen atoms in total. The van der Waals surface area contributed by atoms with Crippen LogP contribution in [0.4, 0.5) is 0 Å². The molecule has 9 heteroatoms. The van der Waals surface area contributed by atoms with Gasteiger partial charge in [-0.15, -0.1) is 0 Å². The summed E-state index contributed by atoms with van der Waals surface area (Å²) in [5, 5.41) is 7.50. The van der Waals surface area contributed by atoms with E-state index in [0.717, 1.165) is 18.4 Å². The summed E-state index contributed by atoms with van der Waals surface area (Å²) in [7, 11) is 1.58. The van der Waals surface area contributed by atoms with Crippen LogP contribution in [-0.2, 0) is 6.54 Å². The topological polar surface area (TPSA) is 112 Å². The number of rotatable bonds is 9. The molecule has 0 fully saturated rings. The largest absolute Gasteiger partial charge is 0.497 e. The van der Waals surface area contributed by atoms with Crippen LogP contribution in [0.5, 0.6) is 11.5 Å².